The Bertz CT molecular complexity index is 844. The lowest BCUT2D eigenvalue weighted by molar-refractivity contribution is -0.122. The van der Waals surface area contributed by atoms with Crippen molar-refractivity contribution in [2.75, 3.05) is 6.54 Å². The summed E-state index contributed by atoms with van der Waals surface area (Å²) in [6.45, 7) is 2.30. The number of amides is 1. The van der Waals surface area contributed by atoms with Crippen molar-refractivity contribution in [3.63, 3.8) is 0 Å². The third kappa shape index (κ3) is 4.79. The van der Waals surface area contributed by atoms with Gasteiger partial charge in [0.05, 0.1) is 11.6 Å². The molecule has 0 aliphatic heterocycles. The zero-order valence-corrected chi connectivity index (χ0v) is 14.6. The summed E-state index contributed by atoms with van der Waals surface area (Å²) < 4.78 is 18.3. The van der Waals surface area contributed by atoms with Gasteiger partial charge in [-0.2, -0.15) is 0 Å². The molecule has 0 aliphatic rings. The molecule has 0 saturated heterocycles. The molecule has 134 valence electrons. The molecule has 0 saturated carbocycles. The van der Waals surface area contributed by atoms with E-state index in [0.29, 0.717) is 19.4 Å². The molecule has 0 radical (unpaired) electrons. The van der Waals surface area contributed by atoms with Crippen LogP contribution in [0.3, 0.4) is 0 Å². The molecule has 2 aromatic carbocycles. The van der Waals surface area contributed by atoms with Gasteiger partial charge in [-0.05, 0) is 36.6 Å². The third-order valence-corrected chi connectivity index (χ3v) is 4.23. The molecule has 1 aromatic heterocycles. The Hall–Kier alpha value is -2.95. The fraction of sp³-hybridized carbons (Fsp3) is 0.238. The molecule has 1 unspecified atom stereocenters. The lowest BCUT2D eigenvalue weighted by Gasteiger charge is -2.17. The molecule has 26 heavy (non-hydrogen) atoms. The lowest BCUT2D eigenvalue weighted by Crippen LogP contribution is -2.32. The molecule has 5 heteroatoms. The molecule has 1 atom stereocenters. The molecule has 3 aromatic rings. The Kier molecular flexibility index (Phi) is 5.79. The summed E-state index contributed by atoms with van der Waals surface area (Å²) in [6, 6.07) is 17.8. The van der Waals surface area contributed by atoms with E-state index in [1.54, 1.807) is 12.1 Å². The van der Waals surface area contributed by atoms with Gasteiger partial charge in [0.2, 0.25) is 5.91 Å². The maximum Gasteiger partial charge on any atom is 0.227 e. The highest BCUT2D eigenvalue weighted by Gasteiger charge is 2.21. The maximum atomic E-state index is 13.3. The van der Waals surface area contributed by atoms with Crippen molar-refractivity contribution in [1.82, 2.24) is 10.5 Å². The van der Waals surface area contributed by atoms with Gasteiger partial charge in [0, 0.05) is 19.0 Å². The largest absolute Gasteiger partial charge is 0.361 e. The minimum atomic E-state index is -0.378. The number of carbonyl (C=O) groups excluding carboxylic acids is 1. The average molecular weight is 352 g/mol. The minimum absolute atomic E-state index is 0.0827. The van der Waals surface area contributed by atoms with Crippen molar-refractivity contribution in [1.29, 1.82) is 0 Å². The van der Waals surface area contributed by atoms with E-state index in [1.807, 2.05) is 43.3 Å². The Balaban J connectivity index is 1.69. The van der Waals surface area contributed by atoms with Crippen molar-refractivity contribution in [3.8, 4) is 0 Å². The predicted molar refractivity (Wildman–Crippen MR) is 97.2 cm³/mol. The van der Waals surface area contributed by atoms with Crippen LogP contribution in [0.1, 0.15) is 28.5 Å². The zero-order chi connectivity index (χ0) is 18.4. The van der Waals surface area contributed by atoms with Crippen LogP contribution in [0.15, 0.2) is 65.2 Å². The zero-order valence-electron chi connectivity index (χ0n) is 14.6. The first-order valence-corrected chi connectivity index (χ1v) is 8.61. The summed E-state index contributed by atoms with van der Waals surface area (Å²) in [4.78, 5) is 12.8. The molecule has 1 amide bonds. The Morgan fingerprint density at radius 2 is 1.88 bits per heavy atom. The highest BCUT2D eigenvalue weighted by Crippen LogP contribution is 2.22. The number of benzene rings is 2. The van der Waals surface area contributed by atoms with Gasteiger partial charge in [-0.25, -0.2) is 4.39 Å². The topological polar surface area (TPSA) is 55.1 Å². The number of hydrogen-bond donors (Lipinski definition) is 1. The van der Waals surface area contributed by atoms with Crippen molar-refractivity contribution in [3.05, 3.63) is 89.1 Å². The van der Waals surface area contributed by atoms with Crippen LogP contribution in [0, 0.1) is 12.7 Å². The average Bonchev–Trinajstić information content (AvgIpc) is 3.06. The quantitative estimate of drug-likeness (QED) is 0.703. The van der Waals surface area contributed by atoms with E-state index in [0.717, 1.165) is 22.6 Å². The highest BCUT2D eigenvalue weighted by atomic mass is 19.1. The number of hydrogen-bond acceptors (Lipinski definition) is 3. The summed E-state index contributed by atoms with van der Waals surface area (Å²) in [7, 11) is 0. The van der Waals surface area contributed by atoms with Crippen LogP contribution in [0.4, 0.5) is 4.39 Å². The van der Waals surface area contributed by atoms with Gasteiger partial charge in [0.15, 0.2) is 0 Å². The van der Waals surface area contributed by atoms with Gasteiger partial charge in [0.25, 0.3) is 0 Å². The summed E-state index contributed by atoms with van der Waals surface area (Å²) >= 11 is 0. The molecule has 0 aliphatic carbocycles. The second-order valence-electron chi connectivity index (χ2n) is 6.26. The van der Waals surface area contributed by atoms with Gasteiger partial charge in [-0.3, -0.25) is 4.79 Å². The molecule has 1 N–H and O–H groups in total. The predicted octanol–water partition coefficient (Wildman–Crippen LogP) is 3.81. The van der Waals surface area contributed by atoms with E-state index in [4.69, 9.17) is 4.52 Å². The number of aromatic nitrogens is 1. The van der Waals surface area contributed by atoms with Gasteiger partial charge >= 0.3 is 0 Å². The molecule has 3 rings (SSSR count). The van der Waals surface area contributed by atoms with E-state index in [9.17, 15) is 9.18 Å². The Labute approximate surface area is 152 Å². The van der Waals surface area contributed by atoms with Gasteiger partial charge in [-0.15, -0.1) is 0 Å². The molecular formula is C21H21FN2O2. The van der Waals surface area contributed by atoms with Crippen molar-refractivity contribution >= 4 is 5.91 Å². The molecule has 4 nitrogen and oxygen atoms in total. The number of aryl methyl sites for hydroxylation is 1. The lowest BCUT2D eigenvalue weighted by atomic mass is 9.91. The maximum absolute atomic E-state index is 13.3. The summed E-state index contributed by atoms with van der Waals surface area (Å²) in [5.74, 6) is -0.0219. The number of carbonyl (C=O) groups is 1. The van der Waals surface area contributed by atoms with Gasteiger partial charge in [-0.1, -0.05) is 47.6 Å². The highest BCUT2D eigenvalue weighted by molar-refractivity contribution is 5.84. The van der Waals surface area contributed by atoms with E-state index in [-0.39, 0.29) is 17.6 Å². The Morgan fingerprint density at radius 1 is 1.15 bits per heavy atom. The van der Waals surface area contributed by atoms with E-state index in [1.165, 1.54) is 12.1 Å². The van der Waals surface area contributed by atoms with Crippen LogP contribution in [0.25, 0.3) is 0 Å². The molecule has 0 bridgehead atoms. The van der Waals surface area contributed by atoms with Crippen LogP contribution >= 0.6 is 0 Å². The van der Waals surface area contributed by atoms with Crippen LogP contribution in [0.2, 0.25) is 0 Å². The number of rotatable bonds is 7. The van der Waals surface area contributed by atoms with Crippen molar-refractivity contribution < 1.29 is 13.7 Å². The summed E-state index contributed by atoms with van der Waals surface area (Å²) in [5, 5.41) is 6.88. The molecule has 1 heterocycles. The van der Waals surface area contributed by atoms with Crippen LogP contribution < -0.4 is 5.32 Å². The van der Waals surface area contributed by atoms with Crippen LogP contribution in [-0.2, 0) is 17.6 Å². The van der Waals surface area contributed by atoms with Crippen LogP contribution in [0.5, 0.6) is 0 Å². The smallest absolute Gasteiger partial charge is 0.227 e. The second-order valence-corrected chi connectivity index (χ2v) is 6.26. The van der Waals surface area contributed by atoms with E-state index in [2.05, 4.69) is 10.5 Å². The standard InChI is InChI=1S/C21H21FN2O2/c1-15-13-19(24-26-15)11-12-23-21(25)20(14-16-5-3-2-4-6-16)17-7-9-18(22)10-8-17/h2-10,13,20H,11-12,14H2,1H3,(H,23,25). The van der Waals surface area contributed by atoms with Crippen molar-refractivity contribution in [2.45, 2.75) is 25.7 Å². The molecular weight excluding hydrogens is 331 g/mol. The third-order valence-electron chi connectivity index (χ3n) is 4.23. The van der Waals surface area contributed by atoms with Crippen molar-refractivity contribution in [2.24, 2.45) is 0 Å². The van der Waals surface area contributed by atoms with E-state index < -0.39 is 0 Å². The van der Waals surface area contributed by atoms with Gasteiger partial charge < -0.3 is 9.84 Å². The summed E-state index contributed by atoms with van der Waals surface area (Å²) in [5.41, 5.74) is 2.67. The minimum Gasteiger partial charge on any atom is -0.361 e. The molecule has 0 fully saturated rings. The number of halogens is 1. The fourth-order valence-electron chi connectivity index (χ4n) is 2.88. The Morgan fingerprint density at radius 3 is 2.54 bits per heavy atom. The molecule has 0 spiro atoms. The first kappa shape index (κ1) is 17.9. The number of nitrogens with zero attached hydrogens (tertiary/aromatic N) is 1. The second kappa shape index (κ2) is 8.43. The van der Waals surface area contributed by atoms with Crippen LogP contribution in [-0.4, -0.2) is 17.6 Å². The first-order chi connectivity index (χ1) is 12.6. The van der Waals surface area contributed by atoms with Gasteiger partial charge in [0.1, 0.15) is 11.6 Å². The van der Waals surface area contributed by atoms with E-state index >= 15 is 0 Å². The number of nitrogens with one attached hydrogen (secondary N) is 1. The normalized spacial score (nSPS) is 11.9. The fourth-order valence-corrected chi connectivity index (χ4v) is 2.88. The summed E-state index contributed by atoms with van der Waals surface area (Å²) in [6.07, 6.45) is 1.16. The SMILES string of the molecule is Cc1cc(CCNC(=O)C(Cc2ccccc2)c2ccc(F)cc2)no1. The first-order valence-electron chi connectivity index (χ1n) is 8.61. The monoisotopic (exact) mass is 352 g/mol.